The molecule has 37 heteroatoms. The van der Waals surface area contributed by atoms with Crippen molar-refractivity contribution in [2.75, 3.05) is 41.9 Å². The molecule has 0 radical (unpaired) electrons. The first kappa shape index (κ1) is 128. The summed E-state index contributed by atoms with van der Waals surface area (Å²) < 4.78 is 38.9. The van der Waals surface area contributed by atoms with Crippen LogP contribution in [0.25, 0.3) is 0 Å². The molecule has 0 aromatic heterocycles. The lowest BCUT2D eigenvalue weighted by molar-refractivity contribution is -0.188. The van der Waals surface area contributed by atoms with E-state index in [9.17, 15) is 63.0 Å². The molecule has 0 saturated heterocycles. The predicted octanol–water partition coefficient (Wildman–Crippen LogP) is 13.7. The number of phenolic OH excluding ortho intramolecular Hbond substituents is 2. The van der Waals surface area contributed by atoms with Crippen LogP contribution in [0.4, 0.5) is 9.59 Å². The van der Waals surface area contributed by atoms with Crippen LogP contribution < -0.4 is 37.1 Å². The van der Waals surface area contributed by atoms with Crippen LogP contribution in [-0.2, 0) is 43.0 Å². The minimum Gasteiger partial charge on any atom is -0.507 e. The average molecular weight is 1720 g/mol. The number of carbonyl (C=O) groups excluding carboxylic acids is 7. The SMILES string of the molecule is CC.CC.CC(=O)Oc1ccccc1C(=O)O.CC(=O)Oc1ccccc1C(=O)OC(C)(C)C.CC(C)(C)OC(=O)c1ccccc1O.CC(C)(C)OC(=O)c1ccccc1O.CC(C)(C)OC(=O)c1ccccc1OC(=O)O.CCOC(=O)Cl.CN.CN.CN.CN.COOC=N.O.O.O=C(O)c1ccccc1O.O=C(O)c1ccccc1O. The number of esters is 6. The second-order valence-corrected chi connectivity index (χ2v) is 24.4. The first-order valence-corrected chi connectivity index (χ1v) is 35.6. The summed E-state index contributed by atoms with van der Waals surface area (Å²) in [6.07, 6.45) is -0.763. The van der Waals surface area contributed by atoms with Gasteiger partial charge in [-0.15, -0.1) is 0 Å². The van der Waals surface area contributed by atoms with Gasteiger partial charge >= 0.3 is 65.3 Å². The maximum Gasteiger partial charge on any atom is 0.511 e. The Bertz CT molecular complexity index is 3830. The van der Waals surface area contributed by atoms with Crippen LogP contribution in [0.5, 0.6) is 40.2 Å². The smallest absolute Gasteiger partial charge is 0.507 e. The first-order valence-electron chi connectivity index (χ1n) is 35.2. The number of aromatic hydroxyl groups is 4. The Morgan fingerprint density at radius 1 is 0.358 bits per heavy atom. The molecule has 21 N–H and O–H groups in total. The molecule has 7 aromatic carbocycles. The number of nitrogens with two attached hydrogens (primary N) is 4. The third-order valence-corrected chi connectivity index (χ3v) is 10.7. The number of hydrogen-bond acceptors (Lipinski definition) is 30. The van der Waals surface area contributed by atoms with Gasteiger partial charge in [0.05, 0.1) is 13.7 Å². The van der Waals surface area contributed by atoms with E-state index in [1.54, 1.807) is 187 Å². The van der Waals surface area contributed by atoms with Gasteiger partial charge in [0.25, 0.3) is 0 Å². The number of rotatable bonds is 13. The number of nitrogens with one attached hydrogen (secondary N) is 1. The van der Waals surface area contributed by atoms with Crippen molar-refractivity contribution in [2.45, 2.75) is 154 Å². The molecule has 0 heterocycles. The highest BCUT2D eigenvalue weighted by Crippen LogP contribution is 2.26. The molecule has 7 rings (SSSR count). The van der Waals surface area contributed by atoms with E-state index in [1.165, 1.54) is 122 Å². The van der Waals surface area contributed by atoms with Crippen LogP contribution in [0.1, 0.15) is 204 Å². The van der Waals surface area contributed by atoms with E-state index >= 15 is 0 Å². The molecule has 0 bridgehead atoms. The van der Waals surface area contributed by atoms with Crippen molar-refractivity contribution >= 4 is 83.3 Å². The van der Waals surface area contributed by atoms with Crippen molar-refractivity contribution in [1.82, 2.24) is 0 Å². The van der Waals surface area contributed by atoms with Gasteiger partial charge in [0, 0.05) is 25.4 Å². The summed E-state index contributed by atoms with van der Waals surface area (Å²) in [4.78, 5) is 127. The number of carbonyl (C=O) groups is 11. The Labute approximate surface area is 705 Å². The van der Waals surface area contributed by atoms with Crippen LogP contribution in [0.2, 0.25) is 0 Å². The number of ether oxygens (including phenoxy) is 8. The van der Waals surface area contributed by atoms with Gasteiger partial charge < -0.3 is 118 Å². The summed E-state index contributed by atoms with van der Waals surface area (Å²) in [5.41, 5.74) is 15.5. The third kappa shape index (κ3) is 68.4. The summed E-state index contributed by atoms with van der Waals surface area (Å²) in [6.45, 7) is 33.8. The standard InChI is InChI=1S/C13H16O4.C12H14O5.2C11H14O3.C9H8O4.2C7H6O3.C3H5ClO2.C2H5NO2.2C2H6.4CH5N.2H2O/c1-9(14)16-11-8-6-5-7-10(11)12(15)17-13(2,3)4;1-12(2,3)17-10(13)8-6-4-5-7-9(8)16-11(14)15;2*1-11(2,3)14-10(13)8-6-4-5-7-9(8)12;1-6(10)13-8-5-3-2-4-7(8)9(11)12;2*8-6-4-2-1-3-5(6)7(9)10;1-2-6-3(4)5;1-4-5-2-3;6*1-2;;/h5-8H,1-4H3;4-7H,1-3H3,(H,14,15);2*4-7,12H,1-3H3;2-5H,1H3,(H,11,12);2*1-4,8H,(H,9,10);2H2,1H3;2-3H,1H3;2*1-2H3;4*2H2,1H3;2*1H2. The van der Waals surface area contributed by atoms with E-state index in [-0.39, 0.29) is 90.1 Å². The van der Waals surface area contributed by atoms with E-state index in [0.717, 1.165) is 0 Å². The topological polar surface area (TPSA) is 633 Å². The van der Waals surface area contributed by atoms with E-state index in [4.69, 9.17) is 71.3 Å². The lowest BCUT2D eigenvalue weighted by Gasteiger charge is -2.20. The highest BCUT2D eigenvalue weighted by molar-refractivity contribution is 6.61. The predicted molar refractivity (Wildman–Crippen MR) is 455 cm³/mol. The van der Waals surface area contributed by atoms with Gasteiger partial charge in [0.1, 0.15) is 102 Å². The van der Waals surface area contributed by atoms with E-state index in [1.807, 2.05) is 27.7 Å². The Morgan fingerprint density at radius 2 is 0.558 bits per heavy atom. The largest absolute Gasteiger partial charge is 0.511 e. The van der Waals surface area contributed by atoms with Crippen molar-refractivity contribution in [2.24, 2.45) is 22.9 Å². The maximum absolute atomic E-state index is 11.8. The minimum atomic E-state index is -1.47. The summed E-state index contributed by atoms with van der Waals surface area (Å²) >= 11 is 4.72. The minimum absolute atomic E-state index is 0. The monoisotopic (exact) mass is 1720 g/mol. The number of phenols is 4. The Morgan fingerprint density at radius 3 is 0.725 bits per heavy atom. The number of carboxylic acid groups (broad SMARTS) is 4. The zero-order valence-corrected chi connectivity index (χ0v) is 73.0. The molecule has 0 aliphatic heterocycles. The van der Waals surface area contributed by atoms with Crippen molar-refractivity contribution in [3.63, 3.8) is 0 Å². The molecule has 36 nitrogen and oxygen atoms in total. The lowest BCUT2D eigenvalue weighted by atomic mass is 10.1. The number of para-hydroxylation sites is 7. The molecule has 0 unspecified atom stereocenters. The number of hydrogen-bond donors (Lipinski definition) is 13. The van der Waals surface area contributed by atoms with Crippen molar-refractivity contribution in [3.05, 3.63) is 209 Å². The zero-order chi connectivity index (χ0) is 93.7. The summed E-state index contributed by atoms with van der Waals surface area (Å²) in [7, 11) is 7.34. The van der Waals surface area contributed by atoms with E-state index < -0.39 is 87.7 Å². The van der Waals surface area contributed by atoms with Crippen LogP contribution in [0.15, 0.2) is 170 Å². The summed E-state index contributed by atoms with van der Waals surface area (Å²) in [5.74, 6) is -6.72. The molecule has 0 aliphatic rings. The van der Waals surface area contributed by atoms with Gasteiger partial charge in [0.15, 0.2) is 0 Å². The second-order valence-electron chi connectivity index (χ2n) is 24.1. The fourth-order valence-electron chi connectivity index (χ4n) is 6.68. The van der Waals surface area contributed by atoms with Crippen LogP contribution >= 0.6 is 11.6 Å². The number of benzene rings is 7. The average Bonchev–Trinajstić information content (AvgIpc) is 0.807. The van der Waals surface area contributed by atoms with Gasteiger partial charge in [-0.3, -0.25) is 15.0 Å². The molecule has 0 amide bonds. The fraction of sp³-hybridized carbons (Fsp3) is 0.349. The third-order valence-electron chi connectivity index (χ3n) is 10.6. The summed E-state index contributed by atoms with van der Waals surface area (Å²) in [6, 6.07) is 42.8. The van der Waals surface area contributed by atoms with Gasteiger partial charge in [-0.1, -0.05) is 113 Å². The molecular weight excluding hydrogens is 1600 g/mol. The quantitative estimate of drug-likeness (QED) is 0.00587. The fourth-order valence-corrected chi connectivity index (χ4v) is 6.79. The molecule has 0 aliphatic carbocycles. The summed E-state index contributed by atoms with van der Waals surface area (Å²) in [5, 5.41) is 76.7. The molecule has 674 valence electrons. The lowest BCUT2D eigenvalue weighted by Crippen LogP contribution is -2.24. The van der Waals surface area contributed by atoms with E-state index in [2.05, 4.69) is 46.9 Å². The molecule has 0 fully saturated rings. The van der Waals surface area contributed by atoms with Gasteiger partial charge in [-0.05, 0) is 203 Å². The second kappa shape index (κ2) is 73.8. The van der Waals surface area contributed by atoms with Crippen molar-refractivity contribution in [3.8, 4) is 40.2 Å². The van der Waals surface area contributed by atoms with Gasteiger partial charge in [-0.2, -0.15) is 4.89 Å². The van der Waals surface area contributed by atoms with Crippen molar-refractivity contribution < 1.29 is 152 Å². The van der Waals surface area contributed by atoms with Crippen molar-refractivity contribution in [1.29, 1.82) is 5.41 Å². The van der Waals surface area contributed by atoms with Gasteiger partial charge in [0.2, 0.25) is 6.40 Å². The number of halogens is 1. The van der Waals surface area contributed by atoms with E-state index in [0.29, 0.717) is 13.0 Å². The highest BCUT2D eigenvalue weighted by Gasteiger charge is 2.25. The van der Waals surface area contributed by atoms with Gasteiger partial charge in [-0.25, -0.2) is 43.2 Å². The van der Waals surface area contributed by atoms with Crippen LogP contribution in [0.3, 0.4) is 0 Å². The molecule has 0 saturated carbocycles. The Hall–Kier alpha value is -12.8. The van der Waals surface area contributed by atoms with Crippen LogP contribution in [-0.4, -0.2) is 188 Å². The molecular formula is C83H124ClN5O31. The van der Waals surface area contributed by atoms with Crippen LogP contribution in [0, 0.1) is 5.41 Å². The first-order chi connectivity index (χ1) is 55.1. The number of carboxylic acids is 3. The normalized spacial score (nSPS) is 9.14. The molecule has 0 atom stereocenters. The highest BCUT2D eigenvalue weighted by atomic mass is 35.5. The maximum atomic E-state index is 11.8. The molecule has 0 spiro atoms. The number of aromatic carboxylic acids is 3. The molecule has 7 aromatic rings. The Balaban J connectivity index is -0.000000141. The Kier molecular flexibility index (Phi) is 78.7. The molecule has 120 heavy (non-hydrogen) atoms. The zero-order valence-electron chi connectivity index (χ0n) is 72.3.